The first-order valence-corrected chi connectivity index (χ1v) is 22.5. The van der Waals surface area contributed by atoms with Crippen LogP contribution in [0.4, 0.5) is 38.8 Å². The largest absolute Gasteiger partial charge is 0.451 e. The number of likely N-dealkylation sites (tertiary alicyclic amines) is 2. The molecule has 4 aliphatic rings. The van der Waals surface area contributed by atoms with E-state index in [0.29, 0.717) is 86.3 Å². The van der Waals surface area contributed by atoms with Crippen LogP contribution in [0.25, 0.3) is 0 Å². The van der Waals surface area contributed by atoms with Gasteiger partial charge in [0.15, 0.2) is 17.7 Å². The van der Waals surface area contributed by atoms with Crippen LogP contribution in [0.1, 0.15) is 79.0 Å². The Hall–Kier alpha value is -5.17. The third-order valence-electron chi connectivity index (χ3n) is 12.1. The van der Waals surface area contributed by atoms with Crippen molar-refractivity contribution in [3.8, 4) is 23.0 Å². The molecule has 2 spiro atoms. The van der Waals surface area contributed by atoms with Gasteiger partial charge >= 0.3 is 18.4 Å². The highest BCUT2D eigenvalue weighted by molar-refractivity contribution is 9.10. The summed E-state index contributed by atoms with van der Waals surface area (Å²) in [6.07, 6.45) is 2.78. The molecular formula is C45H51BrClF4N8O6+. The summed E-state index contributed by atoms with van der Waals surface area (Å²) >= 11 is 9.84. The number of ether oxygens (including phenoxy) is 4. The van der Waals surface area contributed by atoms with E-state index in [9.17, 15) is 27.2 Å². The number of aromatic nitrogens is 4. The third kappa shape index (κ3) is 10.3. The second-order valence-corrected chi connectivity index (χ2v) is 20.7. The average molecular weight is 991 g/mol. The lowest BCUT2D eigenvalue weighted by atomic mass is 9.86. The first-order valence-electron chi connectivity index (χ1n) is 21.3. The minimum atomic E-state index is -4.62. The van der Waals surface area contributed by atoms with Crippen LogP contribution in [0.15, 0.2) is 65.9 Å². The summed E-state index contributed by atoms with van der Waals surface area (Å²) in [5, 5.41) is -0.246. The lowest BCUT2D eigenvalue weighted by molar-refractivity contribution is -0.740. The van der Waals surface area contributed by atoms with Gasteiger partial charge in [0.1, 0.15) is 41.0 Å². The number of alkyl halides is 3. The Kier molecular flexibility index (Phi) is 12.3. The molecule has 2 aromatic heterocycles. The zero-order chi connectivity index (χ0) is 46.7. The van der Waals surface area contributed by atoms with Gasteiger partial charge < -0.3 is 33.6 Å². The van der Waals surface area contributed by atoms with Gasteiger partial charge in [-0.05, 0) is 118 Å². The minimum absolute atomic E-state index is 0.0137. The maximum Gasteiger partial charge on any atom is 0.416 e. The molecule has 65 heavy (non-hydrogen) atoms. The van der Waals surface area contributed by atoms with Crippen LogP contribution in [0.2, 0.25) is 5.02 Å². The van der Waals surface area contributed by atoms with E-state index >= 15 is 0 Å². The van der Waals surface area contributed by atoms with Gasteiger partial charge in [-0.25, -0.2) is 28.5 Å². The summed E-state index contributed by atoms with van der Waals surface area (Å²) in [5.41, 5.74) is -3.09. The van der Waals surface area contributed by atoms with Crippen LogP contribution >= 0.6 is 27.5 Å². The monoisotopic (exact) mass is 989 g/mol. The molecule has 20 heteroatoms. The smallest absolute Gasteiger partial charge is 0.416 e. The molecule has 0 saturated carbocycles. The van der Waals surface area contributed by atoms with Crippen molar-refractivity contribution in [3.63, 3.8) is 0 Å². The molecule has 2 amide bonds. The van der Waals surface area contributed by atoms with Crippen molar-refractivity contribution < 1.29 is 50.7 Å². The Morgan fingerprint density at radius 1 is 0.785 bits per heavy atom. The highest BCUT2D eigenvalue weighted by Crippen LogP contribution is 2.49. The zero-order valence-electron chi connectivity index (χ0n) is 36.9. The number of anilines is 2. The fraction of sp³-hybridized carbons (Fsp3) is 0.511. The Morgan fingerprint density at radius 2 is 1.42 bits per heavy atom. The Labute approximate surface area is 387 Å². The molecule has 3 atom stereocenters. The number of halogens is 6. The predicted molar refractivity (Wildman–Crippen MR) is 235 cm³/mol. The molecule has 4 aliphatic heterocycles. The molecule has 4 fully saturated rings. The number of amides is 2. The number of benzene rings is 2. The van der Waals surface area contributed by atoms with Crippen LogP contribution in [-0.4, -0.2) is 94.0 Å². The van der Waals surface area contributed by atoms with Gasteiger partial charge in [-0.1, -0.05) is 11.6 Å². The summed E-state index contributed by atoms with van der Waals surface area (Å²) < 4.78 is 81.4. The van der Waals surface area contributed by atoms with Crippen molar-refractivity contribution in [2.75, 3.05) is 55.6 Å². The topological polar surface area (TPSA) is 127 Å². The number of rotatable bonds is 7. The summed E-state index contributed by atoms with van der Waals surface area (Å²) in [6.45, 7) is 14.3. The van der Waals surface area contributed by atoms with Crippen molar-refractivity contribution in [2.45, 2.75) is 90.8 Å². The Bertz CT molecular complexity index is 2470. The SMILES string of the molecule is CC(C)(C)OC(=O)N1CCC2(CCN(c3nc[n+](C4CC5(CCN(c6ncncc6Oc6ccc(F)cc6Br)C5)CN4C(=O)OC(C)(C)C)cc3Oc3ccc(C(F)(F)F)cc3Cl)C2)C1. The van der Waals surface area contributed by atoms with Crippen LogP contribution in [0.3, 0.4) is 0 Å². The molecule has 8 rings (SSSR count). The van der Waals surface area contributed by atoms with E-state index in [4.69, 9.17) is 35.5 Å². The lowest BCUT2D eigenvalue weighted by Crippen LogP contribution is -2.50. The van der Waals surface area contributed by atoms with Crippen molar-refractivity contribution >= 4 is 51.4 Å². The number of nitrogens with zero attached hydrogens (tertiary/aromatic N) is 8. The van der Waals surface area contributed by atoms with Crippen LogP contribution in [-0.2, 0) is 15.7 Å². The summed E-state index contributed by atoms with van der Waals surface area (Å²) in [4.78, 5) is 48.4. The highest BCUT2D eigenvalue weighted by Gasteiger charge is 2.54. The molecule has 6 heterocycles. The maximum atomic E-state index is 14.2. The van der Waals surface area contributed by atoms with E-state index in [-0.39, 0.29) is 28.0 Å². The summed E-state index contributed by atoms with van der Waals surface area (Å²) in [6, 6.07) is 7.02. The second kappa shape index (κ2) is 17.2. The van der Waals surface area contributed by atoms with Gasteiger partial charge in [0.05, 0.1) is 21.3 Å². The molecule has 0 N–H and O–H groups in total. The van der Waals surface area contributed by atoms with Gasteiger partial charge in [-0.2, -0.15) is 13.2 Å². The number of carbonyl (C=O) groups excluding carboxylic acids is 2. The molecule has 4 saturated heterocycles. The molecule has 3 unspecified atom stereocenters. The van der Waals surface area contributed by atoms with E-state index in [2.05, 4.69) is 35.7 Å². The van der Waals surface area contributed by atoms with Crippen molar-refractivity contribution in [1.82, 2.24) is 24.8 Å². The van der Waals surface area contributed by atoms with Gasteiger partial charge in [0.2, 0.25) is 5.75 Å². The first kappa shape index (κ1) is 46.4. The molecule has 14 nitrogen and oxygen atoms in total. The van der Waals surface area contributed by atoms with Gasteiger partial charge in [0, 0.05) is 63.1 Å². The zero-order valence-corrected chi connectivity index (χ0v) is 39.3. The van der Waals surface area contributed by atoms with E-state index in [0.717, 1.165) is 25.0 Å². The van der Waals surface area contributed by atoms with Crippen molar-refractivity contribution in [2.24, 2.45) is 10.8 Å². The molecule has 348 valence electrons. The van der Waals surface area contributed by atoms with E-state index in [1.54, 1.807) is 53.9 Å². The van der Waals surface area contributed by atoms with E-state index in [1.807, 2.05) is 20.8 Å². The van der Waals surface area contributed by atoms with Gasteiger partial charge in [-0.15, -0.1) is 0 Å². The third-order valence-corrected chi connectivity index (χ3v) is 13.0. The summed E-state index contributed by atoms with van der Waals surface area (Å²) in [5.74, 6) is 1.48. The standard InChI is InChI=1S/C45H51BrClF4N8O6/c1-41(2,3)64-39(60)57-16-12-43(23-57)11-14-55(22-43)38-35(63-33-9-7-28(17-31(33)47)45(49,50)51)21-58(27-54-38)36-19-44(25-59(36)40(61)65-42(4,5)6)13-15-56(24-44)37-34(20-52-26-53-37)62-32-10-8-29(48)18-30(32)46/h7-10,17-18,20-21,26-27,36H,11-16,19,22-25H2,1-6H3/q+1. The molecule has 0 radical (unpaired) electrons. The molecular weight excluding hydrogens is 940 g/mol. The Balaban J connectivity index is 1.11. The average Bonchev–Trinajstić information content (AvgIpc) is 4.02. The Morgan fingerprint density at radius 3 is 2.09 bits per heavy atom. The normalized spacial score (nSPS) is 22.4. The first-order chi connectivity index (χ1) is 30.5. The quantitative estimate of drug-likeness (QED) is 0.130. The second-order valence-electron chi connectivity index (χ2n) is 19.4. The van der Waals surface area contributed by atoms with Gasteiger partial charge in [0.25, 0.3) is 12.1 Å². The maximum absolute atomic E-state index is 14.2. The summed E-state index contributed by atoms with van der Waals surface area (Å²) in [7, 11) is 0. The van der Waals surface area contributed by atoms with Crippen LogP contribution in [0, 0.1) is 16.6 Å². The van der Waals surface area contributed by atoms with E-state index < -0.39 is 46.4 Å². The molecule has 4 aromatic rings. The van der Waals surface area contributed by atoms with Crippen molar-refractivity contribution in [3.05, 3.63) is 82.3 Å². The molecule has 0 aliphatic carbocycles. The molecule has 2 aromatic carbocycles. The van der Waals surface area contributed by atoms with E-state index in [1.165, 1.54) is 30.6 Å². The predicted octanol–water partition coefficient (Wildman–Crippen LogP) is 10.2. The fourth-order valence-corrected chi connectivity index (χ4v) is 9.79. The van der Waals surface area contributed by atoms with Gasteiger partial charge in [-0.3, -0.25) is 4.90 Å². The lowest BCUT2D eigenvalue weighted by Gasteiger charge is -2.28. The number of hydrogen-bond acceptors (Lipinski definition) is 11. The molecule has 0 bridgehead atoms. The highest BCUT2D eigenvalue weighted by atomic mass is 79.9. The number of hydrogen-bond donors (Lipinski definition) is 0. The fourth-order valence-electron chi connectivity index (χ4n) is 9.14. The number of carbonyl (C=O) groups is 2. The van der Waals surface area contributed by atoms with Crippen LogP contribution < -0.4 is 23.8 Å². The van der Waals surface area contributed by atoms with Crippen LogP contribution in [0.5, 0.6) is 23.0 Å². The van der Waals surface area contributed by atoms with Crippen molar-refractivity contribution in [1.29, 1.82) is 0 Å². The minimum Gasteiger partial charge on any atom is -0.451 e.